The molecule has 3 aromatic rings. The summed E-state index contributed by atoms with van der Waals surface area (Å²) in [6.07, 6.45) is 0.710. The number of para-hydroxylation sites is 1. The summed E-state index contributed by atoms with van der Waals surface area (Å²) in [6, 6.07) is 14.6. The van der Waals surface area contributed by atoms with Gasteiger partial charge in [-0.15, -0.1) is 11.3 Å². The molecule has 0 unspecified atom stereocenters. The molecule has 130 valence electrons. The summed E-state index contributed by atoms with van der Waals surface area (Å²) in [4.78, 5) is 18.4. The molecule has 0 spiro atoms. The van der Waals surface area contributed by atoms with Gasteiger partial charge in [0.2, 0.25) is 5.91 Å². The van der Waals surface area contributed by atoms with Crippen LogP contribution in [-0.4, -0.2) is 35.9 Å². The third-order valence-corrected chi connectivity index (χ3v) is 4.91. The number of carbonyl (C=O) groups excluding carboxylic acids is 1. The number of nitrogens with zero attached hydrogens (tertiary/aromatic N) is 2. The first-order valence-electron chi connectivity index (χ1n) is 8.15. The van der Waals surface area contributed by atoms with Crippen LogP contribution in [0.4, 0.5) is 4.39 Å². The summed E-state index contributed by atoms with van der Waals surface area (Å²) in [7, 11) is 1.81. The lowest BCUT2D eigenvalue weighted by Crippen LogP contribution is -2.35. The second-order valence-corrected chi connectivity index (χ2v) is 7.05. The van der Waals surface area contributed by atoms with Crippen LogP contribution >= 0.6 is 11.3 Å². The molecular formula is C19H20FN3OS. The number of thiazole rings is 1. The fourth-order valence-corrected chi connectivity index (χ4v) is 3.58. The summed E-state index contributed by atoms with van der Waals surface area (Å²) in [5.74, 6) is -0.314. The van der Waals surface area contributed by atoms with Crippen LogP contribution in [0.15, 0.2) is 48.5 Å². The summed E-state index contributed by atoms with van der Waals surface area (Å²) in [5, 5.41) is 3.91. The van der Waals surface area contributed by atoms with Gasteiger partial charge in [-0.2, -0.15) is 0 Å². The largest absolute Gasteiger partial charge is 0.355 e. The minimum Gasteiger partial charge on any atom is -0.355 e. The van der Waals surface area contributed by atoms with Crippen molar-refractivity contribution in [3.63, 3.8) is 0 Å². The standard InChI is InChI=1S/C19H20FN3OS/c1-23(12-14-6-2-3-7-15(14)20)13-18(24)21-11-10-19-22-16-8-4-5-9-17(16)25-19/h2-9H,10-13H2,1H3,(H,21,24). The van der Waals surface area contributed by atoms with Gasteiger partial charge < -0.3 is 5.32 Å². The first-order valence-corrected chi connectivity index (χ1v) is 8.96. The Labute approximate surface area is 150 Å². The van der Waals surface area contributed by atoms with E-state index in [9.17, 15) is 9.18 Å². The molecule has 0 aliphatic rings. The third-order valence-electron chi connectivity index (χ3n) is 3.81. The molecule has 1 heterocycles. The van der Waals surface area contributed by atoms with Crippen molar-refractivity contribution in [3.05, 3.63) is 64.9 Å². The van der Waals surface area contributed by atoms with Crippen molar-refractivity contribution in [2.75, 3.05) is 20.1 Å². The van der Waals surface area contributed by atoms with Gasteiger partial charge in [-0.05, 0) is 25.2 Å². The van der Waals surface area contributed by atoms with E-state index < -0.39 is 0 Å². The highest BCUT2D eigenvalue weighted by molar-refractivity contribution is 7.18. The van der Waals surface area contributed by atoms with Crippen molar-refractivity contribution in [1.82, 2.24) is 15.2 Å². The van der Waals surface area contributed by atoms with Gasteiger partial charge in [0.15, 0.2) is 0 Å². The maximum atomic E-state index is 13.6. The minimum atomic E-state index is -0.245. The van der Waals surface area contributed by atoms with Crippen molar-refractivity contribution in [3.8, 4) is 0 Å². The van der Waals surface area contributed by atoms with Crippen molar-refractivity contribution in [2.45, 2.75) is 13.0 Å². The zero-order valence-electron chi connectivity index (χ0n) is 14.0. The molecular weight excluding hydrogens is 337 g/mol. The van der Waals surface area contributed by atoms with Crippen LogP contribution in [0.1, 0.15) is 10.6 Å². The number of benzene rings is 2. The first kappa shape index (κ1) is 17.5. The summed E-state index contributed by atoms with van der Waals surface area (Å²) < 4.78 is 14.8. The molecule has 0 saturated carbocycles. The molecule has 4 nitrogen and oxygen atoms in total. The van der Waals surface area contributed by atoms with E-state index in [1.165, 1.54) is 6.07 Å². The van der Waals surface area contributed by atoms with Gasteiger partial charge >= 0.3 is 0 Å². The molecule has 1 N–H and O–H groups in total. The fraction of sp³-hybridized carbons (Fsp3) is 0.263. The highest BCUT2D eigenvalue weighted by Gasteiger charge is 2.10. The van der Waals surface area contributed by atoms with Crippen molar-refractivity contribution < 1.29 is 9.18 Å². The molecule has 1 amide bonds. The van der Waals surface area contributed by atoms with Gasteiger partial charge in [-0.3, -0.25) is 9.69 Å². The number of nitrogens with one attached hydrogen (secondary N) is 1. The number of hydrogen-bond donors (Lipinski definition) is 1. The molecule has 0 atom stereocenters. The minimum absolute atomic E-state index is 0.0695. The lowest BCUT2D eigenvalue weighted by Gasteiger charge is -2.16. The van der Waals surface area contributed by atoms with Gasteiger partial charge in [-0.1, -0.05) is 30.3 Å². The van der Waals surface area contributed by atoms with Crippen molar-refractivity contribution >= 4 is 27.5 Å². The Morgan fingerprint density at radius 2 is 1.96 bits per heavy atom. The van der Waals surface area contributed by atoms with E-state index in [1.807, 2.05) is 24.3 Å². The maximum absolute atomic E-state index is 13.6. The number of fused-ring (bicyclic) bond motifs is 1. The normalized spacial score (nSPS) is 11.2. The average Bonchev–Trinajstić information content (AvgIpc) is 2.99. The molecule has 1 aromatic heterocycles. The summed E-state index contributed by atoms with van der Waals surface area (Å²) >= 11 is 1.65. The van der Waals surface area contributed by atoms with Crippen LogP contribution in [0.3, 0.4) is 0 Å². The van der Waals surface area contributed by atoms with E-state index in [-0.39, 0.29) is 18.3 Å². The molecule has 0 fully saturated rings. The molecule has 0 aliphatic heterocycles. The van der Waals surface area contributed by atoms with E-state index in [1.54, 1.807) is 41.5 Å². The van der Waals surface area contributed by atoms with E-state index in [2.05, 4.69) is 10.3 Å². The van der Waals surface area contributed by atoms with Crippen molar-refractivity contribution in [1.29, 1.82) is 0 Å². The number of halogens is 1. The maximum Gasteiger partial charge on any atom is 0.234 e. The first-order chi connectivity index (χ1) is 12.1. The topological polar surface area (TPSA) is 45.2 Å². The lowest BCUT2D eigenvalue weighted by molar-refractivity contribution is -0.122. The molecule has 0 radical (unpaired) electrons. The Morgan fingerprint density at radius 1 is 1.20 bits per heavy atom. The molecule has 3 rings (SSSR count). The molecule has 6 heteroatoms. The van der Waals surface area contributed by atoms with Gasteiger partial charge in [-0.25, -0.2) is 9.37 Å². The predicted molar refractivity (Wildman–Crippen MR) is 99.1 cm³/mol. The van der Waals surface area contributed by atoms with E-state index in [0.717, 1.165) is 15.2 Å². The number of likely N-dealkylation sites (N-methyl/N-ethyl adjacent to an activating group) is 1. The summed E-state index contributed by atoms with van der Waals surface area (Å²) in [6.45, 7) is 1.18. The van der Waals surface area contributed by atoms with Gasteiger partial charge in [0.25, 0.3) is 0 Å². The molecule has 2 aromatic carbocycles. The second kappa shape index (κ2) is 8.18. The average molecular weight is 357 g/mol. The van der Waals surface area contributed by atoms with Gasteiger partial charge in [0.1, 0.15) is 5.82 Å². The quantitative estimate of drug-likeness (QED) is 0.706. The number of amides is 1. The highest BCUT2D eigenvalue weighted by atomic mass is 32.1. The Hall–Kier alpha value is -2.31. The number of carbonyl (C=O) groups is 1. The van der Waals surface area contributed by atoms with E-state index in [0.29, 0.717) is 25.1 Å². The Kier molecular flexibility index (Phi) is 5.73. The molecule has 0 bridgehead atoms. The second-order valence-electron chi connectivity index (χ2n) is 5.94. The van der Waals surface area contributed by atoms with Crippen LogP contribution in [0.2, 0.25) is 0 Å². The fourth-order valence-electron chi connectivity index (χ4n) is 2.61. The van der Waals surface area contributed by atoms with Crippen LogP contribution in [0, 0.1) is 5.82 Å². The Balaban J connectivity index is 1.44. The number of aromatic nitrogens is 1. The molecule has 0 aliphatic carbocycles. The zero-order chi connectivity index (χ0) is 17.6. The lowest BCUT2D eigenvalue weighted by atomic mass is 10.2. The molecule has 0 saturated heterocycles. The number of rotatable bonds is 7. The number of hydrogen-bond acceptors (Lipinski definition) is 4. The van der Waals surface area contributed by atoms with Gasteiger partial charge in [0.05, 0.1) is 21.8 Å². The Bertz CT molecular complexity index is 832. The van der Waals surface area contributed by atoms with Crippen molar-refractivity contribution in [2.24, 2.45) is 0 Å². The van der Waals surface area contributed by atoms with Crippen LogP contribution < -0.4 is 5.32 Å². The van der Waals surface area contributed by atoms with E-state index in [4.69, 9.17) is 0 Å². The Morgan fingerprint density at radius 3 is 2.76 bits per heavy atom. The van der Waals surface area contributed by atoms with Crippen LogP contribution in [0.5, 0.6) is 0 Å². The zero-order valence-corrected chi connectivity index (χ0v) is 14.9. The smallest absolute Gasteiger partial charge is 0.234 e. The summed E-state index contributed by atoms with van der Waals surface area (Å²) in [5.41, 5.74) is 1.59. The van der Waals surface area contributed by atoms with E-state index >= 15 is 0 Å². The predicted octanol–water partition coefficient (Wildman–Crippen LogP) is 3.23. The monoisotopic (exact) mass is 357 g/mol. The SMILES string of the molecule is CN(CC(=O)NCCc1nc2ccccc2s1)Cc1ccccc1F. The van der Waals surface area contributed by atoms with Gasteiger partial charge in [0, 0.05) is 25.1 Å². The highest BCUT2D eigenvalue weighted by Crippen LogP contribution is 2.21. The van der Waals surface area contributed by atoms with Crippen LogP contribution in [0.25, 0.3) is 10.2 Å². The third kappa shape index (κ3) is 4.84. The van der Waals surface area contributed by atoms with Crippen LogP contribution in [-0.2, 0) is 17.8 Å². The molecule has 25 heavy (non-hydrogen) atoms.